The van der Waals surface area contributed by atoms with Crippen LogP contribution in [-0.2, 0) is 9.84 Å². The number of benzene rings is 2. The maximum atomic E-state index is 12.1. The molecule has 0 aliphatic heterocycles. The van der Waals surface area contributed by atoms with Crippen molar-refractivity contribution in [2.75, 3.05) is 16.4 Å². The van der Waals surface area contributed by atoms with E-state index in [0.717, 1.165) is 5.69 Å². The van der Waals surface area contributed by atoms with Crippen molar-refractivity contribution in [2.45, 2.75) is 31.6 Å². The van der Waals surface area contributed by atoms with Gasteiger partial charge in [-0.15, -0.1) is 0 Å². The fourth-order valence-electron chi connectivity index (χ4n) is 2.68. The van der Waals surface area contributed by atoms with Gasteiger partial charge in [-0.1, -0.05) is 39.0 Å². The van der Waals surface area contributed by atoms with Crippen molar-refractivity contribution in [1.82, 2.24) is 9.97 Å². The summed E-state index contributed by atoms with van der Waals surface area (Å²) in [5.74, 6) is 1.76. The average molecular weight is 397 g/mol. The molecule has 3 rings (SSSR count). The van der Waals surface area contributed by atoms with Gasteiger partial charge >= 0.3 is 0 Å². The van der Waals surface area contributed by atoms with Gasteiger partial charge in [0.25, 0.3) is 0 Å². The lowest BCUT2D eigenvalue weighted by molar-refractivity contribution is 0.597. The summed E-state index contributed by atoms with van der Waals surface area (Å²) in [7, 11) is -3.26. The number of sulfone groups is 1. The van der Waals surface area contributed by atoms with Crippen LogP contribution in [0, 0.1) is 0 Å². The second-order valence-electron chi connectivity index (χ2n) is 6.75. The zero-order valence-corrected chi connectivity index (χ0v) is 17.0. The van der Waals surface area contributed by atoms with Crippen LogP contribution in [0.4, 0.5) is 23.0 Å². The Morgan fingerprint density at radius 3 is 2.14 bits per heavy atom. The third kappa shape index (κ3) is 4.86. The highest BCUT2D eigenvalue weighted by Gasteiger charge is 2.12. The Morgan fingerprint density at radius 2 is 1.54 bits per heavy atom. The normalized spacial score (nSPS) is 11.4. The molecule has 0 amide bonds. The maximum absolute atomic E-state index is 12.1. The minimum Gasteiger partial charge on any atom is -0.340 e. The van der Waals surface area contributed by atoms with Crippen LogP contribution in [0.3, 0.4) is 0 Å². The van der Waals surface area contributed by atoms with Crippen LogP contribution in [0.5, 0.6) is 0 Å². The summed E-state index contributed by atoms with van der Waals surface area (Å²) in [5.41, 5.74) is 2.86. The van der Waals surface area contributed by atoms with Crippen LogP contribution in [-0.4, -0.2) is 24.1 Å². The Kier molecular flexibility index (Phi) is 5.94. The largest absolute Gasteiger partial charge is 0.340 e. The van der Waals surface area contributed by atoms with E-state index >= 15 is 0 Å². The van der Waals surface area contributed by atoms with Gasteiger partial charge < -0.3 is 10.6 Å². The maximum Gasteiger partial charge on any atom is 0.178 e. The molecule has 2 N–H and O–H groups in total. The van der Waals surface area contributed by atoms with Gasteiger partial charge in [-0.3, -0.25) is 0 Å². The quantitative estimate of drug-likeness (QED) is 0.592. The van der Waals surface area contributed by atoms with E-state index in [1.165, 1.54) is 11.9 Å². The highest BCUT2D eigenvalue weighted by atomic mass is 32.2. The Balaban J connectivity index is 1.76. The van der Waals surface area contributed by atoms with Gasteiger partial charge in [-0.2, -0.15) is 0 Å². The first-order valence-corrected chi connectivity index (χ1v) is 10.8. The summed E-state index contributed by atoms with van der Waals surface area (Å²) >= 11 is 0. The van der Waals surface area contributed by atoms with Crippen LogP contribution in [0.1, 0.15) is 32.3 Å². The van der Waals surface area contributed by atoms with E-state index in [1.807, 2.05) is 12.1 Å². The topological polar surface area (TPSA) is 84.0 Å². The molecule has 0 radical (unpaired) electrons. The van der Waals surface area contributed by atoms with Gasteiger partial charge in [-0.05, 0) is 41.8 Å². The smallest absolute Gasteiger partial charge is 0.178 e. The fourth-order valence-corrected chi connectivity index (χ4v) is 3.60. The van der Waals surface area contributed by atoms with Gasteiger partial charge in [0.2, 0.25) is 0 Å². The molecule has 0 atom stereocenters. The molecular weight excluding hydrogens is 372 g/mol. The molecule has 0 aliphatic rings. The number of hydrogen-bond acceptors (Lipinski definition) is 6. The van der Waals surface area contributed by atoms with E-state index in [-0.39, 0.29) is 10.6 Å². The van der Waals surface area contributed by atoms with Crippen LogP contribution in [0.2, 0.25) is 0 Å². The molecule has 146 valence electrons. The predicted octanol–water partition coefficient (Wildman–Crippen LogP) is 4.88. The standard InChI is InChI=1S/C21H24N4O2S/c1-4-28(26,27)19-7-5-6-18(12-19)25-21-13-20(22-14-23-21)24-17-10-8-16(9-11-17)15(2)3/h5-15H,4H2,1-3H3,(H2,22,23,24,25). The van der Waals surface area contributed by atoms with E-state index in [1.54, 1.807) is 37.3 Å². The molecule has 1 aromatic heterocycles. The van der Waals surface area contributed by atoms with Gasteiger partial charge in [0.05, 0.1) is 10.6 Å². The lowest BCUT2D eigenvalue weighted by atomic mass is 10.0. The first-order valence-electron chi connectivity index (χ1n) is 9.16. The Hall–Kier alpha value is -2.93. The summed E-state index contributed by atoms with van der Waals surface area (Å²) in [6.45, 7) is 5.95. The van der Waals surface area contributed by atoms with Crippen LogP contribution in [0.15, 0.2) is 65.8 Å². The minimum atomic E-state index is -3.26. The molecule has 0 unspecified atom stereocenters. The van der Waals surface area contributed by atoms with Crippen molar-refractivity contribution >= 4 is 32.8 Å². The van der Waals surface area contributed by atoms with Crippen molar-refractivity contribution in [2.24, 2.45) is 0 Å². The van der Waals surface area contributed by atoms with E-state index in [0.29, 0.717) is 23.2 Å². The third-order valence-electron chi connectivity index (χ3n) is 4.36. The van der Waals surface area contributed by atoms with Crippen molar-refractivity contribution in [1.29, 1.82) is 0 Å². The van der Waals surface area contributed by atoms with Gasteiger partial charge in [0, 0.05) is 17.4 Å². The van der Waals surface area contributed by atoms with E-state index in [9.17, 15) is 8.42 Å². The zero-order chi connectivity index (χ0) is 20.1. The van der Waals surface area contributed by atoms with Gasteiger partial charge in [0.1, 0.15) is 18.0 Å². The SMILES string of the molecule is CCS(=O)(=O)c1cccc(Nc2cc(Nc3ccc(C(C)C)cc3)ncn2)c1. The van der Waals surface area contributed by atoms with Crippen molar-refractivity contribution < 1.29 is 8.42 Å². The lowest BCUT2D eigenvalue weighted by Crippen LogP contribution is -2.04. The second kappa shape index (κ2) is 8.39. The van der Waals surface area contributed by atoms with Crippen molar-refractivity contribution in [3.63, 3.8) is 0 Å². The number of nitrogens with one attached hydrogen (secondary N) is 2. The van der Waals surface area contributed by atoms with E-state index in [4.69, 9.17) is 0 Å². The molecule has 7 heteroatoms. The Bertz CT molecular complexity index is 1050. The zero-order valence-electron chi connectivity index (χ0n) is 16.2. The molecule has 0 saturated heterocycles. The summed E-state index contributed by atoms with van der Waals surface area (Å²) in [4.78, 5) is 8.75. The first kappa shape index (κ1) is 19.8. The van der Waals surface area contributed by atoms with Gasteiger partial charge in [0.15, 0.2) is 9.84 Å². The Labute approximate surface area is 166 Å². The highest BCUT2D eigenvalue weighted by Crippen LogP contribution is 2.23. The molecule has 0 spiro atoms. The highest BCUT2D eigenvalue weighted by molar-refractivity contribution is 7.91. The third-order valence-corrected chi connectivity index (χ3v) is 6.09. The number of anilines is 4. The Morgan fingerprint density at radius 1 is 0.893 bits per heavy atom. The molecular formula is C21H24N4O2S. The molecule has 2 aromatic carbocycles. The summed E-state index contributed by atoms with van der Waals surface area (Å²) in [5, 5.41) is 6.39. The van der Waals surface area contributed by atoms with Crippen LogP contribution in [0.25, 0.3) is 0 Å². The summed E-state index contributed by atoms with van der Waals surface area (Å²) in [6.07, 6.45) is 1.46. The first-order chi connectivity index (χ1) is 13.4. The van der Waals surface area contributed by atoms with Crippen molar-refractivity contribution in [3.8, 4) is 0 Å². The molecule has 3 aromatic rings. The fraction of sp³-hybridized carbons (Fsp3) is 0.238. The summed E-state index contributed by atoms with van der Waals surface area (Å²) < 4.78 is 24.1. The number of nitrogens with zero attached hydrogens (tertiary/aromatic N) is 2. The molecule has 6 nitrogen and oxygen atoms in total. The predicted molar refractivity (Wildman–Crippen MR) is 113 cm³/mol. The molecule has 0 fully saturated rings. The number of rotatable bonds is 7. The molecule has 0 bridgehead atoms. The lowest BCUT2D eigenvalue weighted by Gasteiger charge is -2.11. The number of aromatic nitrogens is 2. The molecule has 0 aliphatic carbocycles. The molecule has 1 heterocycles. The van der Waals surface area contributed by atoms with E-state index < -0.39 is 9.84 Å². The molecule has 28 heavy (non-hydrogen) atoms. The second-order valence-corrected chi connectivity index (χ2v) is 9.02. The number of hydrogen-bond donors (Lipinski definition) is 2. The van der Waals surface area contributed by atoms with E-state index in [2.05, 4.69) is 46.6 Å². The minimum absolute atomic E-state index is 0.0631. The van der Waals surface area contributed by atoms with Crippen molar-refractivity contribution in [3.05, 3.63) is 66.5 Å². The van der Waals surface area contributed by atoms with Crippen LogP contribution >= 0.6 is 0 Å². The monoisotopic (exact) mass is 396 g/mol. The summed E-state index contributed by atoms with van der Waals surface area (Å²) in [6, 6.07) is 16.7. The van der Waals surface area contributed by atoms with Crippen LogP contribution < -0.4 is 10.6 Å². The molecule has 0 saturated carbocycles. The average Bonchev–Trinajstić information content (AvgIpc) is 2.69. The van der Waals surface area contributed by atoms with Gasteiger partial charge in [-0.25, -0.2) is 18.4 Å².